The van der Waals surface area contributed by atoms with E-state index in [1.54, 1.807) is 13.0 Å². The summed E-state index contributed by atoms with van der Waals surface area (Å²) in [5.74, 6) is 0.0832. The second-order valence-electron chi connectivity index (χ2n) is 8.14. The molecule has 10 heteroatoms. The minimum absolute atomic E-state index is 0.0764. The van der Waals surface area contributed by atoms with Gasteiger partial charge in [0, 0.05) is 40.6 Å². The molecule has 1 saturated carbocycles. The molecule has 29 heavy (non-hydrogen) atoms. The molecule has 3 heterocycles. The number of nitrogens with one attached hydrogen (secondary N) is 2. The normalized spacial score (nSPS) is 28.8. The summed E-state index contributed by atoms with van der Waals surface area (Å²) >= 11 is 0. The van der Waals surface area contributed by atoms with Gasteiger partial charge in [-0.25, -0.2) is 17.7 Å². The molecule has 0 bridgehead atoms. The third-order valence-corrected chi connectivity index (χ3v) is 7.05. The molecule has 4 rings (SSSR count). The molecule has 2 aliphatic rings. The van der Waals surface area contributed by atoms with E-state index < -0.39 is 21.8 Å². The van der Waals surface area contributed by atoms with Crippen LogP contribution in [0.25, 0.3) is 11.0 Å². The highest BCUT2D eigenvalue weighted by atomic mass is 32.2. The van der Waals surface area contributed by atoms with E-state index >= 15 is 0 Å². The average molecular weight is 425 g/mol. The summed E-state index contributed by atoms with van der Waals surface area (Å²) in [5.41, 5.74) is -0.174. The maximum Gasteiger partial charge on any atom is 0.249 e. The van der Waals surface area contributed by atoms with Gasteiger partial charge in [-0.3, -0.25) is 4.79 Å². The molecule has 2 aromatic rings. The lowest BCUT2D eigenvalue weighted by Gasteiger charge is -2.31. The van der Waals surface area contributed by atoms with E-state index in [-0.39, 0.29) is 36.6 Å². The van der Waals surface area contributed by atoms with Crippen LogP contribution >= 0.6 is 0 Å². The number of hydrogen-bond donors (Lipinski definition) is 3. The monoisotopic (exact) mass is 424 g/mol. The van der Waals surface area contributed by atoms with E-state index in [4.69, 9.17) is 4.11 Å². The Bertz CT molecular complexity index is 1170. The molecule has 0 radical (unpaired) electrons. The topological polar surface area (TPSA) is 128 Å². The van der Waals surface area contributed by atoms with Crippen molar-refractivity contribution in [2.24, 2.45) is 0 Å². The van der Waals surface area contributed by atoms with Crippen molar-refractivity contribution in [1.82, 2.24) is 19.3 Å². The van der Waals surface area contributed by atoms with Crippen molar-refractivity contribution in [3.63, 3.8) is 0 Å². The van der Waals surface area contributed by atoms with Crippen molar-refractivity contribution in [2.45, 2.75) is 56.6 Å². The van der Waals surface area contributed by atoms with Gasteiger partial charge in [0.1, 0.15) is 5.65 Å². The Morgan fingerprint density at radius 1 is 1.31 bits per heavy atom. The number of piperidine rings is 1. The number of aromatic amines is 1. The SMILES string of the molecule is [2H]C([2H])([2H])S(=O)(=O)N1CCC(Nc2nc([C@H]3CCC[C@@]3(C)O)c3ccc(=O)[nH]c3n2)CC1. The molecule has 2 aromatic heterocycles. The minimum Gasteiger partial charge on any atom is -0.389 e. The van der Waals surface area contributed by atoms with Crippen molar-refractivity contribution < 1.29 is 17.6 Å². The Hall–Kier alpha value is -2.04. The summed E-state index contributed by atoms with van der Waals surface area (Å²) in [4.78, 5) is 23.7. The van der Waals surface area contributed by atoms with Gasteiger partial charge < -0.3 is 15.4 Å². The Morgan fingerprint density at radius 3 is 2.72 bits per heavy atom. The molecule has 1 aliphatic heterocycles. The molecule has 0 amide bonds. The van der Waals surface area contributed by atoms with E-state index in [1.165, 1.54) is 6.07 Å². The lowest BCUT2D eigenvalue weighted by atomic mass is 9.88. The number of aliphatic hydroxyl groups is 1. The highest BCUT2D eigenvalue weighted by Gasteiger charge is 2.40. The van der Waals surface area contributed by atoms with E-state index in [0.717, 1.165) is 17.1 Å². The van der Waals surface area contributed by atoms with E-state index in [1.807, 2.05) is 0 Å². The van der Waals surface area contributed by atoms with Crippen LogP contribution in [0.15, 0.2) is 16.9 Å². The number of nitrogens with zero attached hydrogens (tertiary/aromatic N) is 3. The summed E-state index contributed by atoms with van der Waals surface area (Å²) in [6.07, 6.45) is -0.00876. The maximum absolute atomic E-state index is 12.2. The fourth-order valence-electron chi connectivity index (χ4n) is 4.40. The molecule has 0 unspecified atom stereocenters. The second kappa shape index (κ2) is 7.33. The summed E-state index contributed by atoms with van der Waals surface area (Å²) in [6.45, 7) is 1.94. The largest absolute Gasteiger partial charge is 0.389 e. The van der Waals surface area contributed by atoms with Crippen molar-refractivity contribution in [3.8, 4) is 0 Å². The van der Waals surface area contributed by atoms with Crippen molar-refractivity contribution in [3.05, 3.63) is 28.2 Å². The number of pyridine rings is 1. The predicted molar refractivity (Wildman–Crippen MR) is 110 cm³/mol. The molecule has 1 saturated heterocycles. The zero-order chi connectivity index (χ0) is 23.3. The number of H-pyrrole nitrogens is 1. The second-order valence-corrected chi connectivity index (χ2v) is 9.61. The van der Waals surface area contributed by atoms with Crippen LogP contribution in [-0.4, -0.2) is 63.7 Å². The Morgan fingerprint density at radius 2 is 2.07 bits per heavy atom. The standard InChI is InChI=1S/C19H27N5O4S/c1-19(26)9-3-4-14(19)16-13-5-6-15(25)21-17(13)23-18(22-16)20-12-7-10-24(11-8-12)29(2,27)28/h5-6,12,14,26H,3-4,7-11H2,1-2H3,(H2,20,21,22,23,25)/t14-,19-/m1/s1/i2D3. The third-order valence-electron chi connectivity index (χ3n) is 6.00. The van der Waals surface area contributed by atoms with Crippen molar-refractivity contribution >= 4 is 27.0 Å². The first-order chi connectivity index (χ1) is 14.9. The first-order valence-corrected chi connectivity index (χ1v) is 11.2. The fraction of sp³-hybridized carbons (Fsp3) is 0.632. The smallest absolute Gasteiger partial charge is 0.249 e. The summed E-state index contributed by atoms with van der Waals surface area (Å²) < 4.78 is 47.1. The molecule has 0 aromatic carbocycles. The first-order valence-electron chi connectivity index (χ1n) is 11.3. The highest BCUT2D eigenvalue weighted by Crippen LogP contribution is 2.43. The van der Waals surface area contributed by atoms with Crippen LogP contribution in [0.2, 0.25) is 0 Å². The van der Waals surface area contributed by atoms with E-state index in [2.05, 4.69) is 20.3 Å². The number of anilines is 1. The van der Waals surface area contributed by atoms with Gasteiger partial charge in [0.15, 0.2) is 0 Å². The maximum atomic E-state index is 12.2. The number of fused-ring (bicyclic) bond motifs is 1. The number of aromatic nitrogens is 3. The predicted octanol–water partition coefficient (Wildman–Crippen LogP) is 1.17. The van der Waals surface area contributed by atoms with Gasteiger partial charge in [0.05, 0.1) is 17.5 Å². The van der Waals surface area contributed by atoms with Gasteiger partial charge in [-0.05, 0) is 45.1 Å². The molecule has 9 nitrogen and oxygen atoms in total. The van der Waals surface area contributed by atoms with Gasteiger partial charge in [-0.15, -0.1) is 0 Å². The third kappa shape index (κ3) is 4.15. The zero-order valence-corrected chi connectivity index (χ0v) is 17.0. The molecule has 3 N–H and O–H groups in total. The first kappa shape index (κ1) is 16.7. The van der Waals surface area contributed by atoms with Crippen molar-refractivity contribution in [1.29, 1.82) is 0 Å². The summed E-state index contributed by atoms with van der Waals surface area (Å²) in [6, 6.07) is 2.91. The van der Waals surface area contributed by atoms with Gasteiger partial charge in [-0.2, -0.15) is 4.98 Å². The summed E-state index contributed by atoms with van der Waals surface area (Å²) in [5, 5.41) is 14.7. The van der Waals surface area contributed by atoms with Gasteiger partial charge in [0.25, 0.3) is 0 Å². The number of hydrogen-bond acceptors (Lipinski definition) is 7. The molecule has 2 fully saturated rings. The van der Waals surface area contributed by atoms with Gasteiger partial charge >= 0.3 is 0 Å². The van der Waals surface area contributed by atoms with Crippen LogP contribution in [0.3, 0.4) is 0 Å². The lowest BCUT2D eigenvalue weighted by Crippen LogP contribution is -2.42. The number of rotatable bonds is 4. The molecular weight excluding hydrogens is 394 g/mol. The summed E-state index contributed by atoms with van der Waals surface area (Å²) in [7, 11) is -4.35. The van der Waals surface area contributed by atoms with Crippen LogP contribution < -0.4 is 10.9 Å². The molecule has 1 aliphatic carbocycles. The average Bonchev–Trinajstić information content (AvgIpc) is 3.05. The molecule has 158 valence electrons. The van der Waals surface area contributed by atoms with E-state index in [0.29, 0.717) is 36.0 Å². The molecule has 2 atom stereocenters. The van der Waals surface area contributed by atoms with Crippen LogP contribution in [0, 0.1) is 0 Å². The van der Waals surface area contributed by atoms with E-state index in [9.17, 15) is 18.3 Å². The number of sulfonamides is 1. The van der Waals surface area contributed by atoms with Crippen LogP contribution in [0.5, 0.6) is 0 Å². The quantitative estimate of drug-likeness (QED) is 0.672. The minimum atomic E-state index is -4.35. The van der Waals surface area contributed by atoms with Crippen LogP contribution in [0.1, 0.15) is 54.8 Å². The van der Waals surface area contributed by atoms with Gasteiger partial charge in [-0.1, -0.05) is 0 Å². The van der Waals surface area contributed by atoms with Gasteiger partial charge in [0.2, 0.25) is 21.5 Å². The molecule has 0 spiro atoms. The zero-order valence-electron chi connectivity index (χ0n) is 19.2. The van der Waals surface area contributed by atoms with Crippen LogP contribution in [0.4, 0.5) is 5.95 Å². The Balaban J connectivity index is 1.59. The molecular formula is C19H27N5O4S. The Labute approximate surface area is 173 Å². The lowest BCUT2D eigenvalue weighted by molar-refractivity contribution is 0.0489. The Kier molecular flexibility index (Phi) is 4.23. The van der Waals surface area contributed by atoms with Crippen LogP contribution in [-0.2, 0) is 10.0 Å². The van der Waals surface area contributed by atoms with Crippen molar-refractivity contribution in [2.75, 3.05) is 24.6 Å². The highest BCUT2D eigenvalue weighted by molar-refractivity contribution is 7.88. The fourth-order valence-corrected chi connectivity index (χ4v) is 5.09.